The number of nitrogen functional groups attached to an aromatic ring is 1. The van der Waals surface area contributed by atoms with E-state index in [1.54, 1.807) is 17.4 Å². The Hall–Kier alpha value is -2.08. The molecule has 0 aliphatic rings. The van der Waals surface area contributed by atoms with Crippen LogP contribution in [-0.4, -0.2) is 17.9 Å². The number of nitrogens with zero attached hydrogens (tertiary/aromatic N) is 2. The minimum atomic E-state index is -0.555. The van der Waals surface area contributed by atoms with Crippen LogP contribution >= 0.6 is 11.3 Å². The van der Waals surface area contributed by atoms with Gasteiger partial charge >= 0.3 is 0 Å². The molecule has 2 rings (SSSR count). The van der Waals surface area contributed by atoms with E-state index >= 15 is 0 Å². The van der Waals surface area contributed by atoms with Crippen molar-refractivity contribution in [2.45, 2.75) is 6.54 Å². The van der Waals surface area contributed by atoms with Crippen molar-refractivity contribution in [1.82, 2.24) is 4.98 Å². The molecule has 0 unspecified atom stereocenters. The van der Waals surface area contributed by atoms with E-state index in [9.17, 15) is 4.79 Å². The summed E-state index contributed by atoms with van der Waals surface area (Å²) in [5, 5.41) is 2.01. The second kappa shape index (κ2) is 5.05. The molecule has 18 heavy (non-hydrogen) atoms. The van der Waals surface area contributed by atoms with Gasteiger partial charge in [-0.1, -0.05) is 6.07 Å². The van der Waals surface area contributed by atoms with Crippen LogP contribution in [0.3, 0.4) is 0 Å². The zero-order valence-electron chi connectivity index (χ0n) is 9.96. The molecular formula is C12H14N4OS. The normalized spacial score (nSPS) is 10.3. The molecule has 2 heterocycles. The molecule has 4 N–H and O–H groups in total. The number of carbonyl (C=O) groups excluding carboxylic acids is 1. The van der Waals surface area contributed by atoms with Crippen molar-refractivity contribution in [2.24, 2.45) is 5.73 Å². The lowest BCUT2D eigenvalue weighted by atomic mass is 10.3. The van der Waals surface area contributed by atoms with Gasteiger partial charge < -0.3 is 16.4 Å². The van der Waals surface area contributed by atoms with Crippen molar-refractivity contribution in [3.8, 4) is 0 Å². The van der Waals surface area contributed by atoms with Gasteiger partial charge in [-0.2, -0.15) is 0 Å². The smallest absolute Gasteiger partial charge is 0.267 e. The standard InChI is InChI=1S/C12H14N4OS/c1-16(7-8-3-2-6-18-8)12-9(13)4-5-10(15-12)11(14)17/h2-6H,7,13H2,1H3,(H2,14,17). The molecule has 0 fully saturated rings. The molecule has 6 heteroatoms. The lowest BCUT2D eigenvalue weighted by molar-refractivity contribution is 0.0995. The quantitative estimate of drug-likeness (QED) is 0.873. The Morgan fingerprint density at radius 3 is 2.83 bits per heavy atom. The monoisotopic (exact) mass is 262 g/mol. The number of carbonyl (C=O) groups is 1. The van der Waals surface area contributed by atoms with E-state index in [0.717, 1.165) is 0 Å². The number of aromatic nitrogens is 1. The molecule has 0 aliphatic carbocycles. The van der Waals surface area contributed by atoms with Crippen LogP contribution in [0.1, 0.15) is 15.4 Å². The molecular weight excluding hydrogens is 248 g/mol. The Kier molecular flexibility index (Phi) is 3.47. The number of pyridine rings is 1. The highest BCUT2D eigenvalue weighted by Gasteiger charge is 2.11. The Labute approximate surface area is 109 Å². The summed E-state index contributed by atoms with van der Waals surface area (Å²) in [4.78, 5) is 18.4. The largest absolute Gasteiger partial charge is 0.396 e. The van der Waals surface area contributed by atoms with Crippen LogP contribution in [-0.2, 0) is 6.54 Å². The van der Waals surface area contributed by atoms with Crippen LogP contribution in [0.5, 0.6) is 0 Å². The molecule has 2 aromatic heterocycles. The Bertz CT molecular complexity index is 553. The first-order valence-electron chi connectivity index (χ1n) is 5.38. The lowest BCUT2D eigenvalue weighted by Crippen LogP contribution is -2.21. The molecule has 0 aliphatic heterocycles. The molecule has 1 amide bonds. The van der Waals surface area contributed by atoms with Crippen molar-refractivity contribution in [3.63, 3.8) is 0 Å². The summed E-state index contributed by atoms with van der Waals surface area (Å²) in [5.41, 5.74) is 11.8. The SMILES string of the molecule is CN(Cc1cccs1)c1nc(C(N)=O)ccc1N. The maximum atomic E-state index is 11.1. The lowest BCUT2D eigenvalue weighted by Gasteiger charge is -2.19. The van der Waals surface area contributed by atoms with Crippen molar-refractivity contribution >= 4 is 28.7 Å². The van der Waals surface area contributed by atoms with E-state index in [1.165, 1.54) is 10.9 Å². The van der Waals surface area contributed by atoms with Crippen LogP contribution in [0, 0.1) is 0 Å². The maximum Gasteiger partial charge on any atom is 0.267 e. The molecule has 0 saturated heterocycles. The molecule has 0 saturated carbocycles. The second-order valence-corrected chi connectivity index (χ2v) is 4.94. The molecule has 0 radical (unpaired) electrons. The third-order valence-electron chi connectivity index (χ3n) is 2.49. The van der Waals surface area contributed by atoms with Gasteiger partial charge in [0, 0.05) is 11.9 Å². The van der Waals surface area contributed by atoms with Crippen LogP contribution in [0.25, 0.3) is 0 Å². The number of anilines is 2. The Morgan fingerprint density at radius 2 is 2.22 bits per heavy atom. The fourth-order valence-electron chi connectivity index (χ4n) is 1.61. The predicted octanol–water partition coefficient (Wildman–Crippen LogP) is 1.46. The number of hydrogen-bond donors (Lipinski definition) is 2. The fraction of sp³-hybridized carbons (Fsp3) is 0.167. The van der Waals surface area contributed by atoms with E-state index in [1.807, 2.05) is 29.5 Å². The van der Waals surface area contributed by atoms with Crippen molar-refractivity contribution in [3.05, 3.63) is 40.2 Å². The third kappa shape index (κ3) is 2.60. The highest BCUT2D eigenvalue weighted by molar-refractivity contribution is 7.09. The van der Waals surface area contributed by atoms with E-state index in [4.69, 9.17) is 11.5 Å². The highest BCUT2D eigenvalue weighted by Crippen LogP contribution is 2.22. The van der Waals surface area contributed by atoms with E-state index in [0.29, 0.717) is 18.1 Å². The van der Waals surface area contributed by atoms with E-state index in [2.05, 4.69) is 4.98 Å². The Balaban J connectivity index is 2.26. The van der Waals surface area contributed by atoms with Gasteiger partial charge in [-0.3, -0.25) is 4.79 Å². The highest BCUT2D eigenvalue weighted by atomic mass is 32.1. The zero-order valence-corrected chi connectivity index (χ0v) is 10.8. The third-order valence-corrected chi connectivity index (χ3v) is 3.35. The van der Waals surface area contributed by atoms with Crippen molar-refractivity contribution in [1.29, 1.82) is 0 Å². The minimum Gasteiger partial charge on any atom is -0.396 e. The fourth-order valence-corrected chi connectivity index (χ4v) is 2.37. The summed E-state index contributed by atoms with van der Waals surface area (Å²) in [6.07, 6.45) is 0. The van der Waals surface area contributed by atoms with Gasteiger partial charge in [0.2, 0.25) is 0 Å². The predicted molar refractivity (Wildman–Crippen MR) is 73.6 cm³/mol. The average Bonchev–Trinajstić information content (AvgIpc) is 2.81. The number of rotatable bonds is 4. The number of hydrogen-bond acceptors (Lipinski definition) is 5. The van der Waals surface area contributed by atoms with Gasteiger partial charge in [-0.05, 0) is 23.6 Å². The zero-order chi connectivity index (χ0) is 13.1. The van der Waals surface area contributed by atoms with Gasteiger partial charge in [-0.25, -0.2) is 4.98 Å². The summed E-state index contributed by atoms with van der Waals surface area (Å²) in [6.45, 7) is 0.692. The van der Waals surface area contributed by atoms with Crippen LogP contribution in [0.2, 0.25) is 0 Å². The molecule has 0 atom stereocenters. The van der Waals surface area contributed by atoms with Gasteiger partial charge in [0.25, 0.3) is 5.91 Å². The van der Waals surface area contributed by atoms with E-state index < -0.39 is 5.91 Å². The summed E-state index contributed by atoms with van der Waals surface area (Å²) >= 11 is 1.66. The van der Waals surface area contributed by atoms with Crippen molar-refractivity contribution in [2.75, 3.05) is 17.7 Å². The first-order chi connectivity index (χ1) is 8.58. The summed E-state index contributed by atoms with van der Waals surface area (Å²) in [6, 6.07) is 7.20. The molecule has 0 aromatic carbocycles. The first kappa shape index (κ1) is 12.4. The summed E-state index contributed by atoms with van der Waals surface area (Å²) in [5.74, 6) is 0.0143. The van der Waals surface area contributed by atoms with Gasteiger partial charge in [0.1, 0.15) is 5.69 Å². The van der Waals surface area contributed by atoms with E-state index in [-0.39, 0.29) is 5.69 Å². The van der Waals surface area contributed by atoms with Crippen LogP contribution in [0.15, 0.2) is 29.6 Å². The summed E-state index contributed by atoms with van der Waals surface area (Å²) < 4.78 is 0. The topological polar surface area (TPSA) is 85.2 Å². The van der Waals surface area contributed by atoms with Crippen LogP contribution in [0.4, 0.5) is 11.5 Å². The second-order valence-electron chi connectivity index (χ2n) is 3.91. The summed E-state index contributed by atoms with van der Waals surface area (Å²) in [7, 11) is 1.88. The number of nitrogens with two attached hydrogens (primary N) is 2. The molecule has 94 valence electrons. The van der Waals surface area contributed by atoms with Gasteiger partial charge in [-0.15, -0.1) is 11.3 Å². The minimum absolute atomic E-state index is 0.220. The van der Waals surface area contributed by atoms with Gasteiger partial charge in [0.15, 0.2) is 5.82 Å². The van der Waals surface area contributed by atoms with Crippen molar-refractivity contribution < 1.29 is 4.79 Å². The molecule has 0 bridgehead atoms. The Morgan fingerprint density at radius 1 is 1.44 bits per heavy atom. The molecule has 0 spiro atoms. The molecule has 2 aromatic rings. The molecule has 5 nitrogen and oxygen atoms in total. The van der Waals surface area contributed by atoms with Crippen LogP contribution < -0.4 is 16.4 Å². The maximum absolute atomic E-state index is 11.1. The number of primary amides is 1. The number of amides is 1. The number of thiophene rings is 1. The average molecular weight is 262 g/mol. The van der Waals surface area contributed by atoms with Gasteiger partial charge in [0.05, 0.1) is 12.2 Å². The first-order valence-corrected chi connectivity index (χ1v) is 6.25.